The van der Waals surface area contributed by atoms with Crippen LogP contribution in [0.4, 0.5) is 0 Å². The number of para-hydroxylation sites is 1. The monoisotopic (exact) mass is 299 g/mol. The van der Waals surface area contributed by atoms with Crippen LogP contribution in [0.3, 0.4) is 0 Å². The number of benzene rings is 1. The van der Waals surface area contributed by atoms with E-state index in [0.29, 0.717) is 5.16 Å². The predicted molar refractivity (Wildman–Crippen MR) is 84.8 cm³/mol. The quantitative estimate of drug-likeness (QED) is 0.534. The number of fused-ring (bicyclic) bond motifs is 1. The van der Waals surface area contributed by atoms with Gasteiger partial charge in [-0.05, 0) is 25.5 Å². The van der Waals surface area contributed by atoms with Crippen LogP contribution < -0.4 is 0 Å². The van der Waals surface area contributed by atoms with Crippen LogP contribution in [0.1, 0.15) is 25.5 Å². The number of nitrogens with zero attached hydrogens (tertiary/aromatic N) is 5. The van der Waals surface area contributed by atoms with Gasteiger partial charge in [0.25, 0.3) is 0 Å². The van der Waals surface area contributed by atoms with Crippen LogP contribution in [-0.4, -0.2) is 30.7 Å². The first-order valence-corrected chi connectivity index (χ1v) is 8.06. The molecule has 2 heterocycles. The van der Waals surface area contributed by atoms with E-state index >= 15 is 0 Å². The van der Waals surface area contributed by atoms with Crippen LogP contribution in [-0.2, 0) is 0 Å². The second-order valence-corrected chi connectivity index (χ2v) is 5.86. The van der Waals surface area contributed by atoms with E-state index in [-0.39, 0.29) is 0 Å². The molecular weight excluding hydrogens is 282 g/mol. The Hall–Kier alpha value is -1.95. The molecule has 21 heavy (non-hydrogen) atoms. The number of hydrogen-bond donors (Lipinski definition) is 0. The van der Waals surface area contributed by atoms with E-state index in [2.05, 4.69) is 27.2 Å². The molecular formula is C15H17N5S. The molecule has 0 fully saturated rings. The van der Waals surface area contributed by atoms with Crippen LogP contribution >= 0.6 is 11.8 Å². The van der Waals surface area contributed by atoms with E-state index in [1.165, 1.54) is 6.42 Å². The highest BCUT2D eigenvalue weighted by Gasteiger charge is 2.13. The summed E-state index contributed by atoms with van der Waals surface area (Å²) in [4.78, 5) is 4.63. The summed E-state index contributed by atoms with van der Waals surface area (Å²) in [5, 5.41) is 13.7. The number of unbranched alkanes of at least 4 members (excludes halogenated alkanes) is 1. The molecule has 0 bridgehead atoms. The molecule has 1 aromatic carbocycles. The van der Waals surface area contributed by atoms with Crippen LogP contribution in [0.2, 0.25) is 0 Å². The highest BCUT2D eigenvalue weighted by molar-refractivity contribution is 7.99. The van der Waals surface area contributed by atoms with Crippen LogP contribution in [0.5, 0.6) is 0 Å². The van der Waals surface area contributed by atoms with Crippen molar-refractivity contribution in [2.75, 3.05) is 5.75 Å². The Labute approximate surface area is 127 Å². The first kappa shape index (κ1) is 14.0. The molecule has 0 aliphatic rings. The molecule has 0 N–H and O–H groups in total. The van der Waals surface area contributed by atoms with Crippen molar-refractivity contribution in [1.29, 1.82) is 0 Å². The molecule has 2 aromatic heterocycles. The van der Waals surface area contributed by atoms with E-state index < -0.39 is 0 Å². The number of hydrogen-bond acceptors (Lipinski definition) is 5. The van der Waals surface area contributed by atoms with Gasteiger partial charge in [-0.2, -0.15) is 10.1 Å². The Morgan fingerprint density at radius 3 is 2.71 bits per heavy atom. The third-order valence-corrected chi connectivity index (χ3v) is 4.10. The smallest absolute Gasteiger partial charge is 0.211 e. The number of aryl methyl sites for hydroxylation is 1. The van der Waals surface area contributed by atoms with Crippen molar-refractivity contribution in [2.24, 2.45) is 0 Å². The fourth-order valence-electron chi connectivity index (χ4n) is 2.05. The fraction of sp³-hybridized carbons (Fsp3) is 0.333. The summed E-state index contributed by atoms with van der Waals surface area (Å²) in [5.74, 6) is 1.02. The molecule has 0 saturated carbocycles. The number of aromatic nitrogens is 5. The Morgan fingerprint density at radius 2 is 1.95 bits per heavy atom. The lowest BCUT2D eigenvalue weighted by atomic mass is 10.3. The lowest BCUT2D eigenvalue weighted by Gasteiger charge is -2.02. The largest absolute Gasteiger partial charge is 0.213 e. The minimum absolute atomic E-state index is 0.716. The summed E-state index contributed by atoms with van der Waals surface area (Å²) in [6.07, 6.45) is 2.33. The van der Waals surface area contributed by atoms with Crippen molar-refractivity contribution in [1.82, 2.24) is 25.0 Å². The summed E-state index contributed by atoms with van der Waals surface area (Å²) in [5.41, 5.74) is 3.37. The number of rotatable bonds is 5. The average Bonchev–Trinajstić information content (AvgIpc) is 2.85. The molecule has 0 aliphatic heterocycles. The normalized spacial score (nSPS) is 11.1. The van der Waals surface area contributed by atoms with Gasteiger partial charge in [0.05, 0.1) is 11.4 Å². The Bertz CT molecular complexity index is 738. The maximum atomic E-state index is 4.63. The Morgan fingerprint density at radius 1 is 1.14 bits per heavy atom. The summed E-state index contributed by atoms with van der Waals surface area (Å²) < 4.78 is 1.84. The third-order valence-electron chi connectivity index (χ3n) is 3.17. The first-order valence-electron chi connectivity index (χ1n) is 7.08. The summed E-state index contributed by atoms with van der Waals surface area (Å²) in [6.45, 7) is 4.11. The Kier molecular flexibility index (Phi) is 4.15. The molecule has 108 valence electrons. The SMILES string of the molecule is CCCCSc1nnc2c(C)nn(-c3ccccc3)c2n1. The fourth-order valence-corrected chi connectivity index (χ4v) is 2.91. The standard InChI is InChI=1S/C15H17N5S/c1-3-4-10-21-15-16-14-13(17-18-15)11(2)19-20(14)12-8-6-5-7-9-12/h5-9H,3-4,10H2,1-2H3. The van der Waals surface area contributed by atoms with Crippen molar-refractivity contribution in [3.05, 3.63) is 36.0 Å². The minimum atomic E-state index is 0.716. The van der Waals surface area contributed by atoms with Gasteiger partial charge in [-0.3, -0.25) is 0 Å². The highest BCUT2D eigenvalue weighted by atomic mass is 32.2. The molecule has 0 saturated heterocycles. The van der Waals surface area contributed by atoms with E-state index in [9.17, 15) is 0 Å². The van der Waals surface area contributed by atoms with Gasteiger partial charge in [0.15, 0.2) is 11.2 Å². The molecule has 0 spiro atoms. The van der Waals surface area contributed by atoms with E-state index in [1.807, 2.05) is 41.9 Å². The second kappa shape index (κ2) is 6.22. The van der Waals surface area contributed by atoms with Crippen LogP contribution in [0, 0.1) is 6.92 Å². The summed E-state index contributed by atoms with van der Waals surface area (Å²) in [6, 6.07) is 9.99. The van der Waals surface area contributed by atoms with Crippen molar-refractivity contribution in [2.45, 2.75) is 31.8 Å². The van der Waals surface area contributed by atoms with Crippen molar-refractivity contribution >= 4 is 22.9 Å². The summed E-state index contributed by atoms with van der Waals surface area (Å²) >= 11 is 1.65. The minimum Gasteiger partial charge on any atom is -0.213 e. The molecule has 3 rings (SSSR count). The zero-order valence-corrected chi connectivity index (χ0v) is 13.0. The second-order valence-electron chi connectivity index (χ2n) is 4.80. The van der Waals surface area contributed by atoms with Gasteiger partial charge in [-0.15, -0.1) is 10.2 Å². The highest BCUT2D eigenvalue weighted by Crippen LogP contribution is 2.21. The van der Waals surface area contributed by atoms with Gasteiger partial charge in [0.2, 0.25) is 5.16 Å². The Balaban J connectivity index is 2.02. The summed E-state index contributed by atoms with van der Waals surface area (Å²) in [7, 11) is 0. The lowest BCUT2D eigenvalue weighted by molar-refractivity contribution is 0.836. The van der Waals surface area contributed by atoms with Crippen LogP contribution in [0.25, 0.3) is 16.9 Å². The molecule has 0 atom stereocenters. The molecule has 5 nitrogen and oxygen atoms in total. The maximum Gasteiger partial charge on any atom is 0.211 e. The zero-order valence-electron chi connectivity index (χ0n) is 12.2. The zero-order chi connectivity index (χ0) is 14.7. The molecule has 6 heteroatoms. The van der Waals surface area contributed by atoms with Gasteiger partial charge in [-0.1, -0.05) is 43.3 Å². The van der Waals surface area contributed by atoms with E-state index in [1.54, 1.807) is 11.8 Å². The van der Waals surface area contributed by atoms with Crippen LogP contribution in [0.15, 0.2) is 35.5 Å². The maximum absolute atomic E-state index is 4.63. The third kappa shape index (κ3) is 2.90. The number of thioether (sulfide) groups is 1. The first-order chi connectivity index (χ1) is 10.3. The van der Waals surface area contributed by atoms with Crippen molar-refractivity contribution in [3.63, 3.8) is 0 Å². The molecule has 0 aliphatic carbocycles. The van der Waals surface area contributed by atoms with Crippen molar-refractivity contribution in [3.8, 4) is 5.69 Å². The van der Waals surface area contributed by atoms with E-state index in [0.717, 1.165) is 34.7 Å². The van der Waals surface area contributed by atoms with Gasteiger partial charge >= 0.3 is 0 Å². The molecule has 0 unspecified atom stereocenters. The molecule has 0 radical (unpaired) electrons. The topological polar surface area (TPSA) is 56.5 Å². The van der Waals surface area contributed by atoms with E-state index in [4.69, 9.17) is 0 Å². The van der Waals surface area contributed by atoms with Gasteiger partial charge in [0, 0.05) is 5.75 Å². The van der Waals surface area contributed by atoms with Gasteiger partial charge < -0.3 is 0 Å². The average molecular weight is 299 g/mol. The molecule has 3 aromatic rings. The van der Waals surface area contributed by atoms with Crippen molar-refractivity contribution < 1.29 is 0 Å². The predicted octanol–water partition coefficient (Wildman–Crippen LogP) is 3.41. The lowest BCUT2D eigenvalue weighted by Crippen LogP contribution is -1.99. The molecule has 0 amide bonds. The van der Waals surface area contributed by atoms with Gasteiger partial charge in [-0.25, -0.2) is 4.68 Å². The van der Waals surface area contributed by atoms with Gasteiger partial charge in [0.1, 0.15) is 0 Å².